The number of fused-ring (bicyclic) bond motifs is 1. The van der Waals surface area contributed by atoms with Crippen molar-refractivity contribution in [3.63, 3.8) is 0 Å². The van der Waals surface area contributed by atoms with Gasteiger partial charge in [0.1, 0.15) is 17.9 Å². The van der Waals surface area contributed by atoms with Gasteiger partial charge in [0.15, 0.2) is 0 Å². The lowest BCUT2D eigenvalue weighted by atomic mass is 10.1. The lowest BCUT2D eigenvalue weighted by Crippen LogP contribution is -2.45. The molecule has 1 aliphatic heterocycles. The van der Waals surface area contributed by atoms with E-state index >= 15 is 0 Å². The highest BCUT2D eigenvalue weighted by atomic mass is 16.5. The Morgan fingerprint density at radius 2 is 1.94 bits per heavy atom. The molecule has 5 rings (SSSR count). The first-order chi connectivity index (χ1) is 17.5. The van der Waals surface area contributed by atoms with Crippen LogP contribution in [0.15, 0.2) is 61.3 Å². The number of carbonyl (C=O) groups is 1. The van der Waals surface area contributed by atoms with Crippen LogP contribution in [0.4, 0.5) is 0 Å². The van der Waals surface area contributed by atoms with Gasteiger partial charge in [-0.2, -0.15) is 5.10 Å². The molecule has 0 N–H and O–H groups in total. The van der Waals surface area contributed by atoms with Crippen LogP contribution in [0.3, 0.4) is 0 Å². The van der Waals surface area contributed by atoms with Crippen molar-refractivity contribution in [3.05, 3.63) is 72.4 Å². The van der Waals surface area contributed by atoms with E-state index in [1.807, 2.05) is 52.0 Å². The van der Waals surface area contributed by atoms with Gasteiger partial charge in [0.2, 0.25) is 0 Å². The van der Waals surface area contributed by atoms with Gasteiger partial charge in [-0.05, 0) is 36.9 Å². The lowest BCUT2D eigenvalue weighted by molar-refractivity contribution is 0.0827. The Morgan fingerprint density at radius 3 is 2.69 bits per heavy atom. The molecular weight excluding hydrogens is 454 g/mol. The Hall–Kier alpha value is -3.69. The fourth-order valence-electron chi connectivity index (χ4n) is 4.61. The molecule has 1 aliphatic rings. The van der Waals surface area contributed by atoms with E-state index in [-0.39, 0.29) is 5.91 Å². The van der Waals surface area contributed by atoms with E-state index in [1.54, 1.807) is 31.5 Å². The minimum atomic E-state index is -0.0162. The van der Waals surface area contributed by atoms with Crippen LogP contribution in [-0.2, 0) is 6.54 Å². The Balaban J connectivity index is 1.43. The second-order valence-electron chi connectivity index (χ2n) is 9.51. The molecule has 0 atom stereocenters. The lowest BCUT2D eigenvalue weighted by Gasteiger charge is -2.32. The van der Waals surface area contributed by atoms with Crippen molar-refractivity contribution in [2.45, 2.75) is 6.54 Å². The largest absolute Gasteiger partial charge is 0.490 e. The van der Waals surface area contributed by atoms with Gasteiger partial charge in [-0.3, -0.25) is 14.4 Å². The van der Waals surface area contributed by atoms with Crippen molar-refractivity contribution in [1.82, 2.24) is 34.0 Å². The molecule has 3 heterocycles. The average molecular weight is 488 g/mol. The van der Waals surface area contributed by atoms with Crippen LogP contribution in [-0.4, -0.2) is 100 Å². The third-order valence-corrected chi connectivity index (χ3v) is 6.70. The van der Waals surface area contributed by atoms with Crippen molar-refractivity contribution in [2.24, 2.45) is 0 Å². The maximum Gasteiger partial charge on any atom is 0.253 e. The zero-order chi connectivity index (χ0) is 25.1. The third-order valence-electron chi connectivity index (χ3n) is 6.70. The number of benzene rings is 2. The number of piperazine rings is 1. The normalized spacial score (nSPS) is 14.9. The highest BCUT2D eigenvalue weighted by molar-refractivity contribution is 5.94. The van der Waals surface area contributed by atoms with E-state index in [9.17, 15) is 4.79 Å². The quantitative estimate of drug-likeness (QED) is 0.381. The molecule has 1 saturated heterocycles. The molecule has 0 bridgehead atoms. The number of carbonyl (C=O) groups excluding carboxylic acids is 1. The monoisotopic (exact) mass is 487 g/mol. The average Bonchev–Trinajstić information content (AvgIpc) is 3.56. The summed E-state index contributed by atoms with van der Waals surface area (Å²) in [6, 6.07) is 11.8. The molecule has 2 aromatic carbocycles. The van der Waals surface area contributed by atoms with Crippen LogP contribution in [0.5, 0.6) is 5.75 Å². The van der Waals surface area contributed by atoms with Crippen LogP contribution in [0.2, 0.25) is 0 Å². The van der Waals surface area contributed by atoms with Crippen LogP contribution < -0.4 is 4.74 Å². The maximum atomic E-state index is 12.5. The second kappa shape index (κ2) is 10.5. The highest BCUT2D eigenvalue weighted by Gasteiger charge is 2.17. The standard InChI is InChI=1S/C27H33N7O2/c1-30(2)27(35)22-6-4-5-21(17-22)19-34-26-23(18-29-34)24(33-10-9-28-20-33)7-8-25(26)36-16-15-32-13-11-31(3)12-14-32/h4-10,17-18,20H,11-16,19H2,1-3H3. The van der Waals surface area contributed by atoms with Gasteiger partial charge in [0.25, 0.3) is 5.91 Å². The summed E-state index contributed by atoms with van der Waals surface area (Å²) < 4.78 is 10.3. The molecule has 36 heavy (non-hydrogen) atoms. The number of hydrogen-bond donors (Lipinski definition) is 0. The summed E-state index contributed by atoms with van der Waals surface area (Å²) in [6.45, 7) is 6.34. The predicted molar refractivity (Wildman–Crippen MR) is 140 cm³/mol. The summed E-state index contributed by atoms with van der Waals surface area (Å²) in [5, 5.41) is 5.72. The number of hydrogen-bond acceptors (Lipinski definition) is 6. The molecular formula is C27H33N7O2. The zero-order valence-electron chi connectivity index (χ0n) is 21.2. The van der Waals surface area contributed by atoms with Gasteiger partial charge in [-0.25, -0.2) is 4.98 Å². The fraction of sp³-hybridized carbons (Fsp3) is 0.370. The first kappa shape index (κ1) is 24.0. The number of rotatable bonds is 8. The summed E-state index contributed by atoms with van der Waals surface area (Å²) in [6.07, 6.45) is 7.36. The SMILES string of the molecule is CN1CCN(CCOc2ccc(-n3ccnc3)c3cnn(Cc4cccc(C(=O)N(C)C)c4)c23)CC1. The number of aromatic nitrogens is 4. The molecule has 0 radical (unpaired) electrons. The molecule has 1 fully saturated rings. The first-order valence-electron chi connectivity index (χ1n) is 12.3. The molecule has 4 aromatic rings. The topological polar surface area (TPSA) is 71.7 Å². The number of nitrogens with zero attached hydrogens (tertiary/aromatic N) is 7. The summed E-state index contributed by atoms with van der Waals surface area (Å²) in [5.41, 5.74) is 3.60. The highest BCUT2D eigenvalue weighted by Crippen LogP contribution is 2.31. The van der Waals surface area contributed by atoms with Crippen LogP contribution in [0.25, 0.3) is 16.6 Å². The first-order valence-corrected chi connectivity index (χ1v) is 12.3. The van der Waals surface area contributed by atoms with Crippen LogP contribution in [0, 0.1) is 0 Å². The molecule has 0 spiro atoms. The number of likely N-dealkylation sites (N-methyl/N-ethyl adjacent to an activating group) is 1. The van der Waals surface area contributed by atoms with Gasteiger partial charge in [-0.1, -0.05) is 12.1 Å². The second-order valence-corrected chi connectivity index (χ2v) is 9.51. The number of imidazole rings is 1. The molecule has 0 aliphatic carbocycles. The molecule has 0 saturated carbocycles. The van der Waals surface area contributed by atoms with E-state index in [1.165, 1.54) is 0 Å². The van der Waals surface area contributed by atoms with Gasteiger partial charge < -0.3 is 19.1 Å². The van der Waals surface area contributed by atoms with Crippen LogP contribution >= 0.6 is 0 Å². The summed E-state index contributed by atoms with van der Waals surface area (Å²) in [7, 11) is 5.69. The zero-order valence-corrected chi connectivity index (χ0v) is 21.2. The predicted octanol–water partition coefficient (Wildman–Crippen LogP) is 2.60. The third kappa shape index (κ3) is 5.12. The Kier molecular flexibility index (Phi) is 7.02. The fourth-order valence-corrected chi connectivity index (χ4v) is 4.61. The van der Waals surface area contributed by atoms with E-state index in [4.69, 9.17) is 9.84 Å². The van der Waals surface area contributed by atoms with Crippen molar-refractivity contribution >= 4 is 16.8 Å². The summed E-state index contributed by atoms with van der Waals surface area (Å²) in [5.74, 6) is 0.790. The molecule has 0 unspecified atom stereocenters. The maximum absolute atomic E-state index is 12.5. The summed E-state index contributed by atoms with van der Waals surface area (Å²) in [4.78, 5) is 23.1. The van der Waals surface area contributed by atoms with Gasteiger partial charge in [-0.15, -0.1) is 0 Å². The van der Waals surface area contributed by atoms with Gasteiger partial charge in [0.05, 0.1) is 24.8 Å². The molecule has 2 aromatic heterocycles. The Labute approximate surface area is 211 Å². The van der Waals surface area contributed by atoms with E-state index < -0.39 is 0 Å². The van der Waals surface area contributed by atoms with E-state index in [0.29, 0.717) is 18.7 Å². The van der Waals surface area contributed by atoms with Crippen molar-refractivity contribution in [3.8, 4) is 11.4 Å². The van der Waals surface area contributed by atoms with Crippen molar-refractivity contribution in [2.75, 3.05) is 60.5 Å². The van der Waals surface area contributed by atoms with Crippen molar-refractivity contribution in [1.29, 1.82) is 0 Å². The molecule has 9 nitrogen and oxygen atoms in total. The van der Waals surface area contributed by atoms with Gasteiger partial charge in [0, 0.05) is 70.2 Å². The molecule has 1 amide bonds. The smallest absolute Gasteiger partial charge is 0.253 e. The number of amides is 1. The van der Waals surface area contributed by atoms with E-state index in [2.05, 4.69) is 27.9 Å². The molecule has 9 heteroatoms. The minimum absolute atomic E-state index is 0.0162. The Morgan fingerprint density at radius 1 is 1.11 bits per heavy atom. The Bertz CT molecular complexity index is 1320. The number of ether oxygens (including phenoxy) is 1. The van der Waals surface area contributed by atoms with Crippen molar-refractivity contribution < 1.29 is 9.53 Å². The van der Waals surface area contributed by atoms with E-state index in [0.717, 1.165) is 60.6 Å². The van der Waals surface area contributed by atoms with Crippen LogP contribution in [0.1, 0.15) is 15.9 Å². The minimum Gasteiger partial charge on any atom is -0.490 e. The van der Waals surface area contributed by atoms with Gasteiger partial charge >= 0.3 is 0 Å². The summed E-state index contributed by atoms with van der Waals surface area (Å²) >= 11 is 0. The molecule has 188 valence electrons.